The van der Waals surface area contributed by atoms with Crippen LogP contribution in [0.2, 0.25) is 0 Å². The summed E-state index contributed by atoms with van der Waals surface area (Å²) in [5, 5.41) is 3.14. The molecule has 3 heteroatoms. The van der Waals surface area contributed by atoms with Crippen LogP contribution in [0.5, 0.6) is 5.75 Å². The Hall–Kier alpha value is -1.09. The molecule has 0 aromatic heterocycles. The maximum absolute atomic E-state index is 11.9. The second-order valence-corrected chi connectivity index (χ2v) is 2.90. The summed E-state index contributed by atoms with van der Waals surface area (Å²) in [6.45, 7) is 2.07. The lowest BCUT2D eigenvalue weighted by atomic mass is 10.0. The first-order chi connectivity index (χ1) is 6.31. The van der Waals surface area contributed by atoms with E-state index in [4.69, 9.17) is 0 Å². The van der Waals surface area contributed by atoms with Crippen molar-refractivity contribution in [3.8, 4) is 5.75 Å². The van der Waals surface area contributed by atoms with Crippen LogP contribution in [0.1, 0.15) is 24.9 Å². The lowest BCUT2D eigenvalue weighted by molar-refractivity contribution is -0.00633. The summed E-state index contributed by atoms with van der Waals surface area (Å²) >= 11 is 0. The van der Waals surface area contributed by atoms with Crippen LogP contribution in [0.3, 0.4) is 0 Å². The quantitative estimate of drug-likeness (QED) is 0.774. The molecule has 0 aliphatic rings. The predicted molar refractivity (Wildman–Crippen MR) is 50.3 cm³/mol. The number of hydrogen-bond donors (Lipinski definition) is 1. The summed E-state index contributed by atoms with van der Waals surface area (Å²) < 4.78 is 11.9. The molecule has 0 radical (unpaired) electrons. The summed E-state index contributed by atoms with van der Waals surface area (Å²) in [4.78, 5) is 3.67. The predicted octanol–water partition coefficient (Wildman–Crippen LogP) is 2.62. The van der Waals surface area contributed by atoms with Crippen molar-refractivity contribution >= 4 is 0 Å². The fourth-order valence-electron chi connectivity index (χ4n) is 1.39. The minimum Gasteiger partial charge on any atom is -0.313 e. The molecule has 0 aliphatic carbocycles. The first-order valence-corrected chi connectivity index (χ1v) is 4.37. The maximum Gasteiger partial charge on any atom is 0.172 e. The smallest absolute Gasteiger partial charge is 0.172 e. The highest BCUT2D eigenvalue weighted by molar-refractivity contribution is 5.30. The number of halogens is 1. The molecule has 1 aromatic carbocycles. The summed E-state index contributed by atoms with van der Waals surface area (Å²) in [6.07, 6.45) is 0.965. The molecule has 0 saturated heterocycles. The maximum atomic E-state index is 11.9. The number of hydrogen-bond acceptors (Lipinski definition) is 2. The molecular weight excluding hydrogens is 169 g/mol. The van der Waals surface area contributed by atoms with E-state index in [1.54, 1.807) is 18.2 Å². The number of rotatable bonds is 4. The molecule has 1 atom stereocenters. The Morgan fingerprint density at radius 3 is 2.85 bits per heavy atom. The van der Waals surface area contributed by atoms with E-state index >= 15 is 0 Å². The van der Waals surface area contributed by atoms with E-state index in [9.17, 15) is 4.53 Å². The Labute approximate surface area is 77.6 Å². The molecule has 0 heterocycles. The second kappa shape index (κ2) is 4.82. The van der Waals surface area contributed by atoms with E-state index in [0.29, 0.717) is 0 Å². The van der Waals surface area contributed by atoms with Gasteiger partial charge in [0.15, 0.2) is 5.75 Å². The molecule has 1 unspecified atom stereocenters. The van der Waals surface area contributed by atoms with Crippen molar-refractivity contribution in [3.63, 3.8) is 0 Å². The van der Waals surface area contributed by atoms with Crippen LogP contribution in [0, 0.1) is 0 Å². The molecular formula is C10H14FNO. The van der Waals surface area contributed by atoms with E-state index in [1.807, 2.05) is 13.1 Å². The van der Waals surface area contributed by atoms with Crippen molar-refractivity contribution < 1.29 is 9.47 Å². The van der Waals surface area contributed by atoms with Gasteiger partial charge in [-0.25, -0.2) is 0 Å². The van der Waals surface area contributed by atoms with Crippen molar-refractivity contribution in [3.05, 3.63) is 29.8 Å². The zero-order chi connectivity index (χ0) is 9.68. The fraction of sp³-hybridized carbons (Fsp3) is 0.400. The van der Waals surface area contributed by atoms with Crippen molar-refractivity contribution in [2.24, 2.45) is 0 Å². The molecule has 0 bridgehead atoms. The largest absolute Gasteiger partial charge is 0.313 e. The lowest BCUT2D eigenvalue weighted by Crippen LogP contribution is -2.14. The fourth-order valence-corrected chi connectivity index (χ4v) is 1.39. The Morgan fingerprint density at radius 1 is 1.54 bits per heavy atom. The van der Waals surface area contributed by atoms with E-state index in [-0.39, 0.29) is 11.8 Å². The molecule has 0 aliphatic heterocycles. The topological polar surface area (TPSA) is 21.3 Å². The van der Waals surface area contributed by atoms with Crippen molar-refractivity contribution in [2.75, 3.05) is 7.05 Å². The Kier molecular flexibility index (Phi) is 3.71. The standard InChI is InChI=1S/C10H14FNO/c1-3-10(12-2)8-5-4-6-9(7-8)13-11/h4-7,10,12H,3H2,1-2H3. The van der Waals surface area contributed by atoms with E-state index in [2.05, 4.69) is 17.2 Å². The van der Waals surface area contributed by atoms with Gasteiger partial charge in [-0.1, -0.05) is 19.1 Å². The third-order valence-electron chi connectivity index (χ3n) is 2.11. The van der Waals surface area contributed by atoms with Gasteiger partial charge >= 0.3 is 0 Å². The molecule has 1 aromatic rings. The van der Waals surface area contributed by atoms with Crippen LogP contribution in [0.4, 0.5) is 4.53 Å². The van der Waals surface area contributed by atoms with Gasteiger partial charge in [-0.15, -0.1) is 0 Å². The molecule has 0 fully saturated rings. The lowest BCUT2D eigenvalue weighted by Gasteiger charge is -2.13. The highest BCUT2D eigenvalue weighted by Crippen LogP contribution is 2.21. The molecule has 1 rings (SSSR count). The van der Waals surface area contributed by atoms with Crippen LogP contribution in [0.25, 0.3) is 0 Å². The molecule has 2 nitrogen and oxygen atoms in total. The van der Waals surface area contributed by atoms with E-state index < -0.39 is 0 Å². The summed E-state index contributed by atoms with van der Waals surface area (Å²) in [7, 11) is 1.89. The SMILES string of the molecule is CCC(NC)c1cccc(OF)c1. The molecule has 0 saturated carbocycles. The first kappa shape index (κ1) is 9.99. The van der Waals surface area contributed by atoms with Crippen LogP contribution in [-0.2, 0) is 0 Å². The van der Waals surface area contributed by atoms with Crippen LogP contribution in [0.15, 0.2) is 24.3 Å². The summed E-state index contributed by atoms with van der Waals surface area (Å²) in [5.74, 6) is 0.256. The van der Waals surface area contributed by atoms with Gasteiger partial charge < -0.3 is 5.32 Å². The number of benzene rings is 1. The van der Waals surface area contributed by atoms with Crippen LogP contribution in [-0.4, -0.2) is 7.05 Å². The molecule has 13 heavy (non-hydrogen) atoms. The van der Waals surface area contributed by atoms with Crippen LogP contribution >= 0.6 is 0 Å². The summed E-state index contributed by atoms with van der Waals surface area (Å²) in [6, 6.07) is 7.28. The zero-order valence-corrected chi connectivity index (χ0v) is 7.88. The Bertz CT molecular complexity index is 261. The van der Waals surface area contributed by atoms with Gasteiger partial charge in [0.25, 0.3) is 0 Å². The average molecular weight is 183 g/mol. The molecule has 0 spiro atoms. The minimum atomic E-state index is 0.256. The van der Waals surface area contributed by atoms with Crippen LogP contribution < -0.4 is 10.3 Å². The van der Waals surface area contributed by atoms with Gasteiger partial charge in [-0.3, -0.25) is 4.94 Å². The van der Waals surface area contributed by atoms with Gasteiger partial charge in [0, 0.05) is 10.6 Å². The summed E-state index contributed by atoms with van der Waals surface area (Å²) in [5.41, 5.74) is 1.04. The third-order valence-corrected chi connectivity index (χ3v) is 2.11. The molecule has 72 valence electrons. The van der Waals surface area contributed by atoms with Crippen molar-refractivity contribution in [1.82, 2.24) is 5.32 Å². The molecule has 1 N–H and O–H groups in total. The van der Waals surface area contributed by atoms with E-state index in [1.165, 1.54) is 0 Å². The highest BCUT2D eigenvalue weighted by Gasteiger charge is 2.06. The van der Waals surface area contributed by atoms with Gasteiger partial charge in [0.2, 0.25) is 0 Å². The normalized spacial score (nSPS) is 12.5. The second-order valence-electron chi connectivity index (χ2n) is 2.90. The monoisotopic (exact) mass is 183 g/mol. The average Bonchev–Trinajstić information content (AvgIpc) is 2.20. The van der Waals surface area contributed by atoms with Gasteiger partial charge in [-0.05, 0) is 31.2 Å². The Balaban J connectivity index is 2.86. The minimum absolute atomic E-state index is 0.256. The zero-order valence-electron chi connectivity index (χ0n) is 7.88. The van der Waals surface area contributed by atoms with Gasteiger partial charge in [0.05, 0.1) is 0 Å². The van der Waals surface area contributed by atoms with Crippen molar-refractivity contribution in [1.29, 1.82) is 0 Å². The number of nitrogens with one attached hydrogen (secondary N) is 1. The third kappa shape index (κ3) is 2.42. The molecule has 0 amide bonds. The first-order valence-electron chi connectivity index (χ1n) is 4.37. The highest BCUT2D eigenvalue weighted by atomic mass is 19.3. The van der Waals surface area contributed by atoms with Gasteiger partial charge in [0.1, 0.15) is 0 Å². The van der Waals surface area contributed by atoms with Gasteiger partial charge in [-0.2, -0.15) is 0 Å². The van der Waals surface area contributed by atoms with Crippen molar-refractivity contribution in [2.45, 2.75) is 19.4 Å². The Morgan fingerprint density at radius 2 is 2.31 bits per heavy atom. The van der Waals surface area contributed by atoms with E-state index in [0.717, 1.165) is 12.0 Å².